The molecule has 0 saturated carbocycles. The molecule has 1 aliphatic rings. The topological polar surface area (TPSA) is 36.8 Å². The van der Waals surface area contributed by atoms with E-state index in [0.717, 1.165) is 38.4 Å². The molecule has 4 rings (SSSR count). The molecular formula is C21H15BrClN3. The van der Waals surface area contributed by atoms with Crippen molar-refractivity contribution in [2.45, 2.75) is 6.92 Å². The lowest BCUT2D eigenvalue weighted by atomic mass is 10.0. The maximum absolute atomic E-state index is 6.04. The van der Waals surface area contributed by atoms with E-state index in [0.29, 0.717) is 5.02 Å². The van der Waals surface area contributed by atoms with Crippen LogP contribution in [0.15, 0.2) is 81.3 Å². The van der Waals surface area contributed by atoms with Crippen LogP contribution in [0.5, 0.6) is 0 Å². The largest absolute Gasteiger partial charge is 0.260 e. The summed E-state index contributed by atoms with van der Waals surface area (Å²) in [4.78, 5) is 4.82. The number of aliphatic imine (C=N–C) groups is 1. The molecule has 1 aliphatic heterocycles. The Hall–Kier alpha value is -2.43. The van der Waals surface area contributed by atoms with Gasteiger partial charge in [-0.1, -0.05) is 69.5 Å². The average molecular weight is 425 g/mol. The van der Waals surface area contributed by atoms with Gasteiger partial charge in [-0.05, 0) is 37.3 Å². The smallest absolute Gasteiger partial charge is 0.154 e. The summed E-state index contributed by atoms with van der Waals surface area (Å²) >= 11 is 9.59. The summed E-state index contributed by atoms with van der Waals surface area (Å²) in [6.45, 7) is 2.07. The summed E-state index contributed by atoms with van der Waals surface area (Å²) in [6.07, 6.45) is 0. The van der Waals surface area contributed by atoms with Gasteiger partial charge >= 0.3 is 0 Å². The van der Waals surface area contributed by atoms with Gasteiger partial charge in [-0.3, -0.25) is 5.43 Å². The van der Waals surface area contributed by atoms with Crippen LogP contribution in [0.3, 0.4) is 0 Å². The van der Waals surface area contributed by atoms with E-state index >= 15 is 0 Å². The Morgan fingerprint density at radius 2 is 1.58 bits per heavy atom. The zero-order valence-corrected chi connectivity index (χ0v) is 16.3. The van der Waals surface area contributed by atoms with E-state index < -0.39 is 0 Å². The predicted octanol–water partition coefficient (Wildman–Crippen LogP) is 5.84. The standard InChI is InChI=1S/C21H15BrClN3/c1-13-2-4-15(5-3-13)21-24-19-11-8-16(22)12-18(19)20(25-26-21)14-6-9-17(23)10-7-14/h2-12H,1H3,(H,24,26). The second-order valence-corrected chi connectivity index (χ2v) is 7.42. The van der Waals surface area contributed by atoms with Crippen molar-refractivity contribution in [1.82, 2.24) is 5.43 Å². The van der Waals surface area contributed by atoms with Crippen molar-refractivity contribution < 1.29 is 0 Å². The van der Waals surface area contributed by atoms with E-state index in [1.54, 1.807) is 0 Å². The average Bonchev–Trinajstić information content (AvgIpc) is 2.83. The quantitative estimate of drug-likeness (QED) is 0.551. The highest BCUT2D eigenvalue weighted by Gasteiger charge is 2.17. The van der Waals surface area contributed by atoms with Crippen LogP contribution in [0, 0.1) is 6.92 Å². The second-order valence-electron chi connectivity index (χ2n) is 6.07. The van der Waals surface area contributed by atoms with Crippen molar-refractivity contribution in [3.63, 3.8) is 0 Å². The van der Waals surface area contributed by atoms with E-state index in [-0.39, 0.29) is 0 Å². The summed E-state index contributed by atoms with van der Waals surface area (Å²) in [5.41, 5.74) is 8.95. The Morgan fingerprint density at radius 3 is 2.31 bits per heavy atom. The van der Waals surface area contributed by atoms with Crippen LogP contribution in [0.1, 0.15) is 22.3 Å². The molecule has 5 heteroatoms. The molecule has 3 aromatic carbocycles. The molecule has 1 N–H and O–H groups in total. The molecule has 128 valence electrons. The lowest BCUT2D eigenvalue weighted by Crippen LogP contribution is -2.19. The van der Waals surface area contributed by atoms with Gasteiger partial charge in [-0.15, -0.1) is 0 Å². The number of fused-ring (bicyclic) bond motifs is 1. The lowest BCUT2D eigenvalue weighted by molar-refractivity contribution is 1.03. The van der Waals surface area contributed by atoms with Crippen molar-refractivity contribution in [3.8, 4) is 0 Å². The normalized spacial score (nSPS) is 13.2. The number of nitrogens with zero attached hydrogens (tertiary/aromatic N) is 2. The number of benzene rings is 3. The summed E-state index contributed by atoms with van der Waals surface area (Å²) in [6, 6.07) is 21.9. The van der Waals surface area contributed by atoms with Gasteiger partial charge < -0.3 is 0 Å². The van der Waals surface area contributed by atoms with Crippen LogP contribution < -0.4 is 5.43 Å². The molecule has 0 fully saturated rings. The molecule has 0 spiro atoms. The Bertz CT molecular complexity index is 1020. The molecule has 0 amide bonds. The van der Waals surface area contributed by atoms with Crippen LogP contribution in [-0.2, 0) is 0 Å². The minimum atomic E-state index is 0.696. The van der Waals surface area contributed by atoms with Gasteiger partial charge in [0.1, 0.15) is 5.71 Å². The molecule has 0 aromatic heterocycles. The van der Waals surface area contributed by atoms with Crippen LogP contribution in [0.2, 0.25) is 5.02 Å². The molecular weight excluding hydrogens is 410 g/mol. The van der Waals surface area contributed by atoms with Gasteiger partial charge in [0.15, 0.2) is 5.84 Å². The Kier molecular flexibility index (Phi) is 4.62. The first kappa shape index (κ1) is 17.0. The zero-order valence-electron chi connectivity index (χ0n) is 14.0. The number of rotatable bonds is 2. The van der Waals surface area contributed by atoms with Gasteiger partial charge in [-0.25, -0.2) is 4.99 Å². The van der Waals surface area contributed by atoms with E-state index in [1.807, 2.05) is 54.6 Å². The van der Waals surface area contributed by atoms with E-state index in [1.165, 1.54) is 5.56 Å². The SMILES string of the molecule is Cc1ccc(C2=Nc3ccc(Br)cc3C(c3ccc(Cl)cc3)=NN2)cc1. The Morgan fingerprint density at radius 1 is 0.885 bits per heavy atom. The molecule has 3 nitrogen and oxygen atoms in total. The first-order chi connectivity index (χ1) is 12.6. The number of hydrogen-bond acceptors (Lipinski definition) is 3. The van der Waals surface area contributed by atoms with Gasteiger partial charge in [0, 0.05) is 26.2 Å². The second kappa shape index (κ2) is 7.06. The molecule has 0 aliphatic carbocycles. The lowest BCUT2D eigenvalue weighted by Gasteiger charge is -2.08. The highest BCUT2D eigenvalue weighted by molar-refractivity contribution is 9.10. The van der Waals surface area contributed by atoms with Crippen molar-refractivity contribution in [2.75, 3.05) is 0 Å². The fourth-order valence-corrected chi connectivity index (χ4v) is 3.27. The number of nitrogens with one attached hydrogen (secondary N) is 1. The van der Waals surface area contributed by atoms with Gasteiger partial charge in [0.2, 0.25) is 0 Å². The Balaban J connectivity index is 1.85. The van der Waals surface area contributed by atoms with Crippen molar-refractivity contribution >= 4 is 44.8 Å². The maximum Gasteiger partial charge on any atom is 0.154 e. The van der Waals surface area contributed by atoms with Crippen LogP contribution in [0.25, 0.3) is 0 Å². The van der Waals surface area contributed by atoms with Crippen molar-refractivity contribution in [1.29, 1.82) is 0 Å². The number of hydrazone groups is 1. The fourth-order valence-electron chi connectivity index (χ4n) is 2.78. The third-order valence-electron chi connectivity index (χ3n) is 4.16. The van der Waals surface area contributed by atoms with Crippen LogP contribution >= 0.6 is 27.5 Å². The zero-order chi connectivity index (χ0) is 18.1. The van der Waals surface area contributed by atoms with Crippen LogP contribution in [0.4, 0.5) is 5.69 Å². The summed E-state index contributed by atoms with van der Waals surface area (Å²) < 4.78 is 0.979. The fraction of sp³-hybridized carbons (Fsp3) is 0.0476. The maximum atomic E-state index is 6.04. The number of amidine groups is 1. The Labute approximate surface area is 165 Å². The van der Waals surface area contributed by atoms with Crippen molar-refractivity contribution in [2.24, 2.45) is 10.1 Å². The molecule has 26 heavy (non-hydrogen) atoms. The molecule has 0 bridgehead atoms. The molecule has 0 radical (unpaired) electrons. The van der Waals surface area contributed by atoms with Gasteiger partial charge in [0.05, 0.1) is 5.69 Å². The number of aryl methyl sites for hydroxylation is 1. The predicted molar refractivity (Wildman–Crippen MR) is 112 cm³/mol. The van der Waals surface area contributed by atoms with Gasteiger partial charge in [-0.2, -0.15) is 5.10 Å². The van der Waals surface area contributed by atoms with Gasteiger partial charge in [0.25, 0.3) is 0 Å². The van der Waals surface area contributed by atoms with E-state index in [2.05, 4.69) is 45.5 Å². The summed E-state index contributed by atoms with van der Waals surface area (Å²) in [7, 11) is 0. The number of halogens is 2. The molecule has 0 atom stereocenters. The first-order valence-electron chi connectivity index (χ1n) is 8.15. The monoisotopic (exact) mass is 423 g/mol. The van der Waals surface area contributed by atoms with E-state index in [9.17, 15) is 0 Å². The van der Waals surface area contributed by atoms with Crippen LogP contribution in [-0.4, -0.2) is 11.5 Å². The highest BCUT2D eigenvalue weighted by Crippen LogP contribution is 2.29. The minimum Gasteiger partial charge on any atom is -0.260 e. The van der Waals surface area contributed by atoms with Crippen molar-refractivity contribution in [3.05, 3.63) is 98.5 Å². The minimum absolute atomic E-state index is 0.696. The molecule has 0 unspecified atom stereocenters. The summed E-state index contributed by atoms with van der Waals surface area (Å²) in [5, 5.41) is 5.35. The van der Waals surface area contributed by atoms with E-state index in [4.69, 9.17) is 16.6 Å². The molecule has 1 heterocycles. The molecule has 0 saturated heterocycles. The molecule has 3 aromatic rings. The third-order valence-corrected chi connectivity index (χ3v) is 4.91. The summed E-state index contributed by atoms with van der Waals surface area (Å²) in [5.74, 6) is 0.720. The third kappa shape index (κ3) is 3.43. The highest BCUT2D eigenvalue weighted by atomic mass is 79.9. The number of hydrogen-bond donors (Lipinski definition) is 1. The first-order valence-corrected chi connectivity index (χ1v) is 9.32.